The van der Waals surface area contributed by atoms with E-state index in [2.05, 4.69) is 12.1 Å². The van der Waals surface area contributed by atoms with E-state index in [1.807, 2.05) is 18.2 Å². The van der Waals surface area contributed by atoms with Crippen molar-refractivity contribution in [3.05, 3.63) is 35.9 Å². The molecule has 2 rings (SSSR count). The molecule has 2 atom stereocenters. The second-order valence-electron chi connectivity index (χ2n) is 4.86. The zero-order valence-electron chi connectivity index (χ0n) is 10.8. The summed E-state index contributed by atoms with van der Waals surface area (Å²) in [6, 6.07) is 10.1. The molecule has 0 unspecified atom stereocenters. The van der Waals surface area contributed by atoms with Crippen LogP contribution in [0.3, 0.4) is 0 Å². The molecule has 0 radical (unpaired) electrons. The first kappa shape index (κ1) is 13.2. The first-order valence-electron chi connectivity index (χ1n) is 6.50. The molecule has 0 saturated carbocycles. The summed E-state index contributed by atoms with van der Waals surface area (Å²) >= 11 is 0. The van der Waals surface area contributed by atoms with Gasteiger partial charge in [-0.2, -0.15) is 0 Å². The van der Waals surface area contributed by atoms with Gasteiger partial charge in [-0.05, 0) is 25.3 Å². The topological polar surface area (TPSA) is 35.5 Å². The lowest BCUT2D eigenvalue weighted by molar-refractivity contribution is -0.125. The average Bonchev–Trinajstić information content (AvgIpc) is 2.38. The number of ketones is 1. The highest BCUT2D eigenvalue weighted by Gasteiger charge is 2.22. The van der Waals surface area contributed by atoms with Gasteiger partial charge in [0.05, 0.1) is 25.4 Å². The van der Waals surface area contributed by atoms with Gasteiger partial charge in [0.15, 0.2) is 0 Å². The summed E-state index contributed by atoms with van der Waals surface area (Å²) in [6.07, 6.45) is 2.68. The minimum absolute atomic E-state index is 0.0964. The second kappa shape index (κ2) is 6.66. The first-order valence-corrected chi connectivity index (χ1v) is 6.50. The summed E-state index contributed by atoms with van der Waals surface area (Å²) in [4.78, 5) is 11.0. The lowest BCUT2D eigenvalue weighted by atomic mass is 10.0. The van der Waals surface area contributed by atoms with Crippen molar-refractivity contribution in [2.75, 3.05) is 6.61 Å². The van der Waals surface area contributed by atoms with Crippen molar-refractivity contribution in [1.29, 1.82) is 0 Å². The van der Waals surface area contributed by atoms with E-state index >= 15 is 0 Å². The number of hydrogen-bond donors (Lipinski definition) is 0. The van der Waals surface area contributed by atoms with Gasteiger partial charge in [-0.3, -0.25) is 4.79 Å². The molecule has 0 spiro atoms. The number of carbonyl (C=O) groups excluding carboxylic acids is 1. The molecule has 0 aliphatic carbocycles. The van der Waals surface area contributed by atoms with Crippen LogP contribution < -0.4 is 0 Å². The maximum Gasteiger partial charge on any atom is 0.132 e. The van der Waals surface area contributed by atoms with Crippen LogP contribution in [0.15, 0.2) is 30.3 Å². The summed E-state index contributed by atoms with van der Waals surface area (Å²) in [6.45, 7) is 2.85. The number of carbonyl (C=O) groups is 1. The Balaban J connectivity index is 1.69. The van der Waals surface area contributed by atoms with Crippen LogP contribution in [0.1, 0.15) is 31.7 Å². The number of benzene rings is 1. The lowest BCUT2D eigenvalue weighted by Crippen LogP contribution is -2.32. The van der Waals surface area contributed by atoms with Crippen LogP contribution in [0.5, 0.6) is 0 Å². The minimum Gasteiger partial charge on any atom is -0.375 e. The van der Waals surface area contributed by atoms with Crippen molar-refractivity contribution in [1.82, 2.24) is 0 Å². The number of rotatable bonds is 5. The molecule has 3 nitrogen and oxygen atoms in total. The summed E-state index contributed by atoms with van der Waals surface area (Å²) in [5.74, 6) is 0.198. The lowest BCUT2D eigenvalue weighted by Gasteiger charge is -2.28. The summed E-state index contributed by atoms with van der Waals surface area (Å²) in [5.41, 5.74) is 1.18. The Hall–Kier alpha value is -1.19. The molecule has 98 valence electrons. The van der Waals surface area contributed by atoms with Gasteiger partial charge >= 0.3 is 0 Å². The normalized spacial score (nSPS) is 23.8. The molecule has 1 aromatic rings. The monoisotopic (exact) mass is 248 g/mol. The van der Waals surface area contributed by atoms with Gasteiger partial charge < -0.3 is 9.47 Å². The van der Waals surface area contributed by atoms with Crippen LogP contribution in [-0.4, -0.2) is 24.6 Å². The fraction of sp³-hybridized carbons (Fsp3) is 0.533. The first-order chi connectivity index (χ1) is 8.74. The van der Waals surface area contributed by atoms with Crippen molar-refractivity contribution < 1.29 is 14.3 Å². The van der Waals surface area contributed by atoms with E-state index in [1.54, 1.807) is 6.92 Å². The third kappa shape index (κ3) is 4.24. The highest BCUT2D eigenvalue weighted by molar-refractivity contribution is 5.75. The van der Waals surface area contributed by atoms with Crippen molar-refractivity contribution in [3.63, 3.8) is 0 Å². The number of Topliss-reactive ketones (excluding diaryl/α,β-unsaturated/α-hetero) is 1. The Bertz CT molecular complexity index is 367. The molecule has 1 aliphatic heterocycles. The largest absolute Gasteiger partial charge is 0.375 e. The zero-order valence-corrected chi connectivity index (χ0v) is 10.8. The van der Waals surface area contributed by atoms with E-state index in [4.69, 9.17) is 9.47 Å². The van der Waals surface area contributed by atoms with E-state index in [0.717, 1.165) is 12.8 Å². The quantitative estimate of drug-likeness (QED) is 0.803. The second-order valence-corrected chi connectivity index (χ2v) is 4.86. The van der Waals surface area contributed by atoms with E-state index in [9.17, 15) is 4.79 Å². The molecule has 0 amide bonds. The zero-order chi connectivity index (χ0) is 12.8. The Morgan fingerprint density at radius 2 is 2.11 bits per heavy atom. The molecule has 0 aromatic heterocycles. The highest BCUT2D eigenvalue weighted by Crippen LogP contribution is 2.19. The van der Waals surface area contributed by atoms with Crippen LogP contribution in [0.2, 0.25) is 0 Å². The summed E-state index contributed by atoms with van der Waals surface area (Å²) in [5, 5.41) is 0. The predicted octanol–water partition coefficient (Wildman–Crippen LogP) is 2.73. The summed E-state index contributed by atoms with van der Waals surface area (Å²) in [7, 11) is 0. The van der Waals surface area contributed by atoms with Crippen LogP contribution in [-0.2, 0) is 20.9 Å². The smallest absolute Gasteiger partial charge is 0.132 e. The molecule has 1 saturated heterocycles. The van der Waals surface area contributed by atoms with Crippen molar-refractivity contribution in [2.24, 2.45) is 0 Å². The number of ether oxygens (including phenoxy) is 2. The molecule has 0 bridgehead atoms. The fourth-order valence-corrected chi connectivity index (χ4v) is 2.18. The maximum atomic E-state index is 11.0. The van der Waals surface area contributed by atoms with E-state index in [0.29, 0.717) is 19.6 Å². The molecule has 3 heteroatoms. The highest BCUT2D eigenvalue weighted by atomic mass is 16.5. The van der Waals surface area contributed by atoms with Gasteiger partial charge in [0, 0.05) is 6.42 Å². The molecule has 18 heavy (non-hydrogen) atoms. The fourth-order valence-electron chi connectivity index (χ4n) is 2.18. The van der Waals surface area contributed by atoms with Gasteiger partial charge in [-0.25, -0.2) is 0 Å². The molecule has 1 heterocycles. The third-order valence-electron chi connectivity index (χ3n) is 3.17. The molecule has 1 aliphatic rings. The number of hydrogen-bond acceptors (Lipinski definition) is 3. The van der Waals surface area contributed by atoms with Crippen molar-refractivity contribution in [2.45, 2.75) is 45.0 Å². The van der Waals surface area contributed by atoms with Crippen LogP contribution >= 0.6 is 0 Å². The molecular weight excluding hydrogens is 228 g/mol. The van der Waals surface area contributed by atoms with Crippen molar-refractivity contribution in [3.8, 4) is 0 Å². The van der Waals surface area contributed by atoms with Gasteiger partial charge in [-0.15, -0.1) is 0 Å². The summed E-state index contributed by atoms with van der Waals surface area (Å²) < 4.78 is 11.5. The van der Waals surface area contributed by atoms with Crippen LogP contribution in [0.25, 0.3) is 0 Å². The SMILES string of the molecule is CC(=O)C[C@H]1CC[C@@H](OCc2ccccc2)CO1. The minimum atomic E-state index is 0.0964. The molecule has 1 fully saturated rings. The molecule has 1 aromatic carbocycles. The van der Waals surface area contributed by atoms with Gasteiger partial charge in [0.2, 0.25) is 0 Å². The van der Waals surface area contributed by atoms with E-state index < -0.39 is 0 Å². The molecular formula is C15H20O3. The Kier molecular flexibility index (Phi) is 4.90. The van der Waals surface area contributed by atoms with Crippen molar-refractivity contribution >= 4 is 5.78 Å². The van der Waals surface area contributed by atoms with E-state index in [1.165, 1.54) is 5.56 Å². The third-order valence-corrected chi connectivity index (χ3v) is 3.17. The Labute approximate surface area is 108 Å². The standard InChI is InChI=1S/C15H20O3/c1-12(16)9-14-7-8-15(11-18-14)17-10-13-5-3-2-4-6-13/h2-6,14-15H,7-11H2,1H3/t14-,15-/m1/s1. The molecule has 0 N–H and O–H groups in total. The maximum absolute atomic E-state index is 11.0. The van der Waals surface area contributed by atoms with Gasteiger partial charge in [0.1, 0.15) is 5.78 Å². The van der Waals surface area contributed by atoms with Crippen LogP contribution in [0.4, 0.5) is 0 Å². The van der Waals surface area contributed by atoms with Gasteiger partial charge in [0.25, 0.3) is 0 Å². The van der Waals surface area contributed by atoms with E-state index in [-0.39, 0.29) is 18.0 Å². The predicted molar refractivity (Wildman–Crippen MR) is 69.3 cm³/mol. The van der Waals surface area contributed by atoms with Gasteiger partial charge in [-0.1, -0.05) is 30.3 Å². The Morgan fingerprint density at radius 3 is 2.72 bits per heavy atom. The Morgan fingerprint density at radius 1 is 1.33 bits per heavy atom. The average molecular weight is 248 g/mol. The van der Waals surface area contributed by atoms with Crippen LogP contribution in [0, 0.1) is 0 Å².